The van der Waals surface area contributed by atoms with Gasteiger partial charge in [0, 0.05) is 28.1 Å². The van der Waals surface area contributed by atoms with Crippen LogP contribution in [0.5, 0.6) is 0 Å². The van der Waals surface area contributed by atoms with E-state index in [1.54, 1.807) is 6.08 Å². The van der Waals surface area contributed by atoms with Gasteiger partial charge < -0.3 is 14.8 Å². The van der Waals surface area contributed by atoms with Gasteiger partial charge in [0.05, 0.1) is 13.2 Å². The molecule has 0 spiro atoms. The summed E-state index contributed by atoms with van der Waals surface area (Å²) in [5.74, 6) is -0.944. The standard InChI is InChI=1S/C21H19NO3/c1-21(12-25-13-21)17-4-2-3-15(10-17)19-11-16-9-14(6-8-20(23)24)5-7-18(16)22-19/h2-11,22H,12-13H2,1H3,(H,23,24)/b8-6+. The van der Waals surface area contributed by atoms with Crippen molar-refractivity contribution >= 4 is 22.9 Å². The topological polar surface area (TPSA) is 62.3 Å². The quantitative estimate of drug-likeness (QED) is 0.703. The Morgan fingerprint density at radius 1 is 1.20 bits per heavy atom. The fraction of sp³-hybridized carbons (Fsp3) is 0.190. The molecule has 4 rings (SSSR count). The van der Waals surface area contributed by atoms with Crippen molar-refractivity contribution < 1.29 is 14.6 Å². The second-order valence-electron chi connectivity index (χ2n) is 6.84. The van der Waals surface area contributed by atoms with Crippen molar-refractivity contribution in [2.75, 3.05) is 13.2 Å². The van der Waals surface area contributed by atoms with Crippen LogP contribution in [0, 0.1) is 0 Å². The lowest BCUT2D eigenvalue weighted by Gasteiger charge is -2.38. The Labute approximate surface area is 145 Å². The number of hydrogen-bond donors (Lipinski definition) is 2. The normalized spacial score (nSPS) is 16.2. The number of hydrogen-bond acceptors (Lipinski definition) is 2. The van der Waals surface area contributed by atoms with Gasteiger partial charge in [-0.15, -0.1) is 0 Å². The molecule has 0 bridgehead atoms. The third-order valence-corrected chi connectivity index (χ3v) is 4.77. The third-order valence-electron chi connectivity index (χ3n) is 4.77. The summed E-state index contributed by atoms with van der Waals surface area (Å²) in [5.41, 5.74) is 5.50. The van der Waals surface area contributed by atoms with E-state index in [9.17, 15) is 4.79 Å². The summed E-state index contributed by atoms with van der Waals surface area (Å²) in [4.78, 5) is 14.1. The molecule has 3 aromatic rings. The van der Waals surface area contributed by atoms with Crippen LogP contribution >= 0.6 is 0 Å². The number of benzene rings is 2. The van der Waals surface area contributed by atoms with E-state index in [0.29, 0.717) is 0 Å². The first kappa shape index (κ1) is 15.7. The second-order valence-corrected chi connectivity index (χ2v) is 6.84. The highest BCUT2D eigenvalue weighted by Gasteiger charge is 2.35. The fourth-order valence-electron chi connectivity index (χ4n) is 3.21. The number of aromatic nitrogens is 1. The van der Waals surface area contributed by atoms with Crippen molar-refractivity contribution in [3.63, 3.8) is 0 Å². The van der Waals surface area contributed by atoms with Gasteiger partial charge in [-0.1, -0.05) is 31.2 Å². The summed E-state index contributed by atoms with van der Waals surface area (Å²) in [6.45, 7) is 3.76. The molecule has 0 saturated carbocycles. The maximum absolute atomic E-state index is 10.7. The molecule has 4 heteroatoms. The van der Waals surface area contributed by atoms with Crippen LogP contribution in [0.3, 0.4) is 0 Å². The zero-order chi connectivity index (χ0) is 17.4. The Hall–Kier alpha value is -2.85. The monoisotopic (exact) mass is 333 g/mol. The molecule has 25 heavy (non-hydrogen) atoms. The Kier molecular flexibility index (Phi) is 3.70. The molecule has 1 aliphatic heterocycles. The van der Waals surface area contributed by atoms with Crippen LogP contribution in [0.4, 0.5) is 0 Å². The summed E-state index contributed by atoms with van der Waals surface area (Å²) >= 11 is 0. The van der Waals surface area contributed by atoms with Crippen LogP contribution in [0.15, 0.2) is 54.6 Å². The molecular formula is C21H19NO3. The van der Waals surface area contributed by atoms with Crippen molar-refractivity contribution in [2.24, 2.45) is 0 Å². The summed E-state index contributed by atoms with van der Waals surface area (Å²) in [6.07, 6.45) is 2.76. The number of carboxylic acid groups (broad SMARTS) is 1. The molecule has 1 saturated heterocycles. The van der Waals surface area contributed by atoms with Gasteiger partial charge in [0.15, 0.2) is 0 Å². The van der Waals surface area contributed by atoms with Gasteiger partial charge in [-0.05, 0) is 47.0 Å². The van der Waals surface area contributed by atoms with Crippen molar-refractivity contribution in [1.82, 2.24) is 4.98 Å². The average molecular weight is 333 g/mol. The van der Waals surface area contributed by atoms with Gasteiger partial charge in [-0.3, -0.25) is 0 Å². The first-order valence-electron chi connectivity index (χ1n) is 8.26. The molecule has 0 amide bonds. The van der Waals surface area contributed by atoms with Gasteiger partial charge in [-0.25, -0.2) is 4.79 Å². The number of fused-ring (bicyclic) bond motifs is 1. The van der Waals surface area contributed by atoms with Gasteiger partial charge >= 0.3 is 5.97 Å². The minimum absolute atomic E-state index is 0.108. The van der Waals surface area contributed by atoms with Crippen LogP contribution in [0.2, 0.25) is 0 Å². The second kappa shape index (κ2) is 5.90. The number of aromatic amines is 1. The van der Waals surface area contributed by atoms with Gasteiger partial charge in [0.25, 0.3) is 0 Å². The highest BCUT2D eigenvalue weighted by Crippen LogP contribution is 2.34. The predicted molar refractivity (Wildman–Crippen MR) is 98.6 cm³/mol. The number of rotatable bonds is 4. The minimum atomic E-state index is -0.944. The smallest absolute Gasteiger partial charge is 0.328 e. The highest BCUT2D eigenvalue weighted by atomic mass is 16.5. The van der Waals surface area contributed by atoms with E-state index in [1.165, 1.54) is 5.56 Å². The minimum Gasteiger partial charge on any atom is -0.478 e. The summed E-state index contributed by atoms with van der Waals surface area (Å²) < 4.78 is 5.38. The molecule has 126 valence electrons. The average Bonchev–Trinajstić information content (AvgIpc) is 3.01. The van der Waals surface area contributed by atoms with Crippen molar-refractivity contribution in [2.45, 2.75) is 12.3 Å². The number of nitrogens with one attached hydrogen (secondary N) is 1. The maximum atomic E-state index is 10.7. The molecule has 0 aliphatic carbocycles. The zero-order valence-corrected chi connectivity index (χ0v) is 14.0. The number of carboxylic acids is 1. The van der Waals surface area contributed by atoms with Gasteiger partial charge in [0.2, 0.25) is 0 Å². The van der Waals surface area contributed by atoms with E-state index in [4.69, 9.17) is 9.84 Å². The van der Waals surface area contributed by atoms with Gasteiger partial charge in [-0.2, -0.15) is 0 Å². The van der Waals surface area contributed by atoms with Gasteiger partial charge in [0.1, 0.15) is 0 Å². The first-order valence-corrected chi connectivity index (χ1v) is 8.26. The number of aliphatic carboxylic acids is 1. The molecule has 0 radical (unpaired) electrons. The van der Waals surface area contributed by atoms with Crippen LogP contribution in [0.25, 0.3) is 28.2 Å². The van der Waals surface area contributed by atoms with Crippen LogP contribution in [-0.2, 0) is 14.9 Å². The molecule has 2 N–H and O–H groups in total. The molecule has 2 heterocycles. The number of H-pyrrole nitrogens is 1. The van der Waals surface area contributed by atoms with Crippen molar-refractivity contribution in [3.8, 4) is 11.3 Å². The Balaban J connectivity index is 1.70. The van der Waals surface area contributed by atoms with Crippen LogP contribution in [0.1, 0.15) is 18.1 Å². The molecular weight excluding hydrogens is 314 g/mol. The Bertz CT molecular complexity index is 980. The molecule has 2 aromatic carbocycles. The summed E-state index contributed by atoms with van der Waals surface area (Å²) in [6, 6.07) is 16.5. The van der Waals surface area contributed by atoms with Crippen LogP contribution < -0.4 is 0 Å². The van der Waals surface area contributed by atoms with Crippen molar-refractivity contribution in [3.05, 3.63) is 65.7 Å². The summed E-state index contributed by atoms with van der Waals surface area (Å²) in [5, 5.41) is 9.82. The van der Waals surface area contributed by atoms with Crippen molar-refractivity contribution in [1.29, 1.82) is 0 Å². The molecule has 0 unspecified atom stereocenters. The molecule has 1 aliphatic rings. The molecule has 1 fully saturated rings. The first-order chi connectivity index (χ1) is 12.0. The van der Waals surface area contributed by atoms with Crippen LogP contribution in [-0.4, -0.2) is 29.3 Å². The highest BCUT2D eigenvalue weighted by molar-refractivity contribution is 5.90. The predicted octanol–water partition coefficient (Wildman–Crippen LogP) is 4.22. The fourth-order valence-corrected chi connectivity index (χ4v) is 3.21. The molecule has 0 atom stereocenters. The van der Waals surface area contributed by atoms with E-state index in [-0.39, 0.29) is 5.41 Å². The van der Waals surface area contributed by atoms with E-state index in [2.05, 4.69) is 42.2 Å². The van der Waals surface area contributed by atoms with E-state index < -0.39 is 5.97 Å². The zero-order valence-electron chi connectivity index (χ0n) is 14.0. The lowest BCUT2D eigenvalue weighted by molar-refractivity contribution is -0.131. The largest absolute Gasteiger partial charge is 0.478 e. The SMILES string of the molecule is CC1(c2cccc(-c3cc4cc(/C=C/C(=O)O)ccc4[nH]3)c2)COC1. The maximum Gasteiger partial charge on any atom is 0.328 e. The lowest BCUT2D eigenvalue weighted by atomic mass is 9.80. The van der Waals surface area contributed by atoms with E-state index in [1.807, 2.05) is 18.2 Å². The summed E-state index contributed by atoms with van der Waals surface area (Å²) in [7, 11) is 0. The van der Waals surface area contributed by atoms with E-state index in [0.717, 1.165) is 47.0 Å². The number of ether oxygens (including phenoxy) is 1. The molecule has 4 nitrogen and oxygen atoms in total. The number of carbonyl (C=O) groups is 1. The van der Waals surface area contributed by atoms with E-state index >= 15 is 0 Å². The Morgan fingerprint density at radius 2 is 2.04 bits per heavy atom. The molecule has 1 aromatic heterocycles. The third kappa shape index (κ3) is 2.96. The Morgan fingerprint density at radius 3 is 2.76 bits per heavy atom. The lowest BCUT2D eigenvalue weighted by Crippen LogP contribution is -2.43.